The molecule has 0 saturated heterocycles. The minimum absolute atomic E-state index is 0.230. The van der Waals surface area contributed by atoms with Crippen molar-refractivity contribution in [3.63, 3.8) is 0 Å². The number of benzene rings is 1. The van der Waals surface area contributed by atoms with Gasteiger partial charge in [0.05, 0.1) is 5.69 Å². The van der Waals surface area contributed by atoms with Gasteiger partial charge in [-0.1, -0.05) is 12.1 Å². The number of hydrogen-bond donors (Lipinski definition) is 0. The zero-order valence-electron chi connectivity index (χ0n) is 13.6. The Balaban J connectivity index is 1.88. The van der Waals surface area contributed by atoms with Gasteiger partial charge >= 0.3 is 0 Å². The van der Waals surface area contributed by atoms with Crippen LogP contribution in [0.2, 0.25) is 0 Å². The van der Waals surface area contributed by atoms with E-state index >= 15 is 0 Å². The predicted molar refractivity (Wildman–Crippen MR) is 92.4 cm³/mol. The van der Waals surface area contributed by atoms with Gasteiger partial charge in [0.1, 0.15) is 17.2 Å². The first-order valence-electron chi connectivity index (χ1n) is 7.87. The van der Waals surface area contributed by atoms with Crippen molar-refractivity contribution in [2.45, 2.75) is 20.4 Å². The van der Waals surface area contributed by atoms with Gasteiger partial charge in [-0.3, -0.25) is 0 Å². The Kier molecular flexibility index (Phi) is 3.45. The molecule has 0 saturated carbocycles. The van der Waals surface area contributed by atoms with E-state index in [4.69, 9.17) is 4.42 Å². The highest BCUT2D eigenvalue weighted by molar-refractivity contribution is 5.83. The molecule has 120 valence electrons. The number of pyridine rings is 1. The number of hydrogen-bond acceptors (Lipinski definition) is 2. The molecular formula is C20H17FN2O. The monoisotopic (exact) mass is 320 g/mol. The van der Waals surface area contributed by atoms with Crippen LogP contribution >= 0.6 is 0 Å². The van der Waals surface area contributed by atoms with Crippen LogP contribution in [-0.4, -0.2) is 9.55 Å². The smallest absolute Gasteiger partial charge is 0.150 e. The molecule has 0 amide bonds. The molecule has 0 aliphatic rings. The number of aromatic nitrogens is 2. The third-order valence-electron chi connectivity index (χ3n) is 4.12. The van der Waals surface area contributed by atoms with Crippen molar-refractivity contribution in [2.24, 2.45) is 0 Å². The van der Waals surface area contributed by atoms with Crippen LogP contribution in [0.4, 0.5) is 4.39 Å². The van der Waals surface area contributed by atoms with Gasteiger partial charge in [-0.2, -0.15) is 0 Å². The summed E-state index contributed by atoms with van der Waals surface area (Å²) in [7, 11) is 0. The lowest BCUT2D eigenvalue weighted by molar-refractivity contribution is 0.543. The minimum atomic E-state index is -0.230. The van der Waals surface area contributed by atoms with Crippen molar-refractivity contribution in [1.82, 2.24) is 9.55 Å². The van der Waals surface area contributed by atoms with E-state index in [1.165, 1.54) is 12.1 Å². The molecule has 0 unspecified atom stereocenters. The first-order chi connectivity index (χ1) is 11.6. The fourth-order valence-corrected chi connectivity index (χ4v) is 2.96. The second kappa shape index (κ2) is 5.64. The summed E-state index contributed by atoms with van der Waals surface area (Å²) in [6.07, 6.45) is 1.86. The highest BCUT2D eigenvalue weighted by Crippen LogP contribution is 2.30. The van der Waals surface area contributed by atoms with Crippen LogP contribution in [0.3, 0.4) is 0 Å². The Bertz CT molecular complexity index is 1010. The third kappa shape index (κ3) is 2.60. The van der Waals surface area contributed by atoms with Gasteiger partial charge in [0.25, 0.3) is 0 Å². The van der Waals surface area contributed by atoms with Crippen molar-refractivity contribution in [3.05, 3.63) is 77.4 Å². The van der Waals surface area contributed by atoms with Gasteiger partial charge in [-0.15, -0.1) is 0 Å². The molecule has 0 spiro atoms. The van der Waals surface area contributed by atoms with E-state index in [2.05, 4.69) is 21.7 Å². The Labute approximate surface area is 139 Å². The van der Waals surface area contributed by atoms with E-state index in [9.17, 15) is 4.39 Å². The average molecular weight is 320 g/mol. The van der Waals surface area contributed by atoms with Crippen molar-refractivity contribution < 1.29 is 8.81 Å². The first kappa shape index (κ1) is 14.7. The van der Waals surface area contributed by atoms with Gasteiger partial charge in [0, 0.05) is 18.1 Å². The maximum atomic E-state index is 13.2. The topological polar surface area (TPSA) is 31.0 Å². The normalized spacial score (nSPS) is 11.3. The molecule has 0 fully saturated rings. The minimum Gasteiger partial charge on any atom is -0.460 e. The molecule has 1 aromatic carbocycles. The largest absolute Gasteiger partial charge is 0.460 e. The first-order valence-corrected chi connectivity index (χ1v) is 7.87. The van der Waals surface area contributed by atoms with E-state index in [1.807, 2.05) is 32.2 Å². The molecule has 24 heavy (non-hydrogen) atoms. The Morgan fingerprint density at radius 2 is 1.83 bits per heavy atom. The fraction of sp³-hybridized carbons (Fsp3) is 0.150. The zero-order chi connectivity index (χ0) is 16.7. The van der Waals surface area contributed by atoms with Gasteiger partial charge in [0.2, 0.25) is 0 Å². The summed E-state index contributed by atoms with van der Waals surface area (Å²) in [6, 6.07) is 14.7. The lowest BCUT2D eigenvalue weighted by atomic mass is 10.2. The second-order valence-corrected chi connectivity index (χ2v) is 6.08. The van der Waals surface area contributed by atoms with E-state index in [0.717, 1.165) is 39.4 Å². The second-order valence-electron chi connectivity index (χ2n) is 6.08. The predicted octanol–water partition coefficient (Wildman–Crippen LogP) is 5.10. The molecule has 0 aliphatic heterocycles. The van der Waals surface area contributed by atoms with Crippen molar-refractivity contribution in [2.75, 3.05) is 0 Å². The molecule has 0 aliphatic carbocycles. The molecular weight excluding hydrogens is 303 g/mol. The van der Waals surface area contributed by atoms with Crippen molar-refractivity contribution in [1.29, 1.82) is 0 Å². The average Bonchev–Trinajstić information content (AvgIpc) is 3.13. The SMILES string of the molecule is Cc1cnc2c(c1)cc(-c1ccc(C)o1)n2Cc1ccc(F)cc1. The molecule has 3 heterocycles. The molecule has 0 radical (unpaired) electrons. The van der Waals surface area contributed by atoms with Crippen LogP contribution in [0.5, 0.6) is 0 Å². The summed E-state index contributed by atoms with van der Waals surface area (Å²) in [5.74, 6) is 1.45. The lowest BCUT2D eigenvalue weighted by Crippen LogP contribution is -2.02. The maximum absolute atomic E-state index is 13.2. The molecule has 0 bridgehead atoms. The van der Waals surface area contributed by atoms with Gasteiger partial charge in [-0.05, 0) is 61.4 Å². The summed E-state index contributed by atoms with van der Waals surface area (Å²) in [6.45, 7) is 4.56. The number of aryl methyl sites for hydroxylation is 2. The van der Waals surface area contributed by atoms with Crippen LogP contribution in [0.25, 0.3) is 22.5 Å². The van der Waals surface area contributed by atoms with Crippen molar-refractivity contribution in [3.8, 4) is 11.5 Å². The zero-order valence-corrected chi connectivity index (χ0v) is 13.6. The molecule has 3 aromatic heterocycles. The van der Waals surface area contributed by atoms with Crippen LogP contribution in [-0.2, 0) is 6.54 Å². The van der Waals surface area contributed by atoms with Gasteiger partial charge in [-0.25, -0.2) is 9.37 Å². The number of furan rings is 1. The van der Waals surface area contributed by atoms with Gasteiger partial charge in [0.15, 0.2) is 5.76 Å². The Hall–Kier alpha value is -2.88. The highest BCUT2D eigenvalue weighted by Gasteiger charge is 2.15. The van der Waals surface area contributed by atoms with Crippen LogP contribution in [0, 0.1) is 19.7 Å². The van der Waals surface area contributed by atoms with Crippen molar-refractivity contribution >= 4 is 11.0 Å². The van der Waals surface area contributed by atoms with E-state index < -0.39 is 0 Å². The lowest BCUT2D eigenvalue weighted by Gasteiger charge is -2.09. The summed E-state index contributed by atoms with van der Waals surface area (Å²) in [5.41, 5.74) is 4.00. The molecule has 4 aromatic rings. The van der Waals surface area contributed by atoms with Gasteiger partial charge < -0.3 is 8.98 Å². The summed E-state index contributed by atoms with van der Waals surface area (Å²) < 4.78 is 21.1. The standard InChI is InChI=1S/C20H17FN2O/c1-13-9-16-10-18(19-8-3-14(2)24-19)23(20(16)22-11-13)12-15-4-6-17(21)7-5-15/h3-11H,12H2,1-2H3. The summed E-state index contributed by atoms with van der Waals surface area (Å²) in [5, 5.41) is 1.07. The summed E-state index contributed by atoms with van der Waals surface area (Å²) in [4.78, 5) is 4.59. The Morgan fingerprint density at radius 1 is 1.04 bits per heavy atom. The van der Waals surface area contributed by atoms with Crippen LogP contribution in [0.15, 0.2) is 59.1 Å². The number of rotatable bonds is 3. The van der Waals surface area contributed by atoms with Crippen LogP contribution < -0.4 is 0 Å². The number of fused-ring (bicyclic) bond motifs is 1. The molecule has 0 atom stereocenters. The van der Waals surface area contributed by atoms with E-state index in [1.54, 1.807) is 12.1 Å². The van der Waals surface area contributed by atoms with E-state index in [-0.39, 0.29) is 5.82 Å². The molecule has 4 heteroatoms. The molecule has 4 rings (SSSR count). The molecule has 3 nitrogen and oxygen atoms in total. The third-order valence-corrected chi connectivity index (χ3v) is 4.12. The maximum Gasteiger partial charge on any atom is 0.150 e. The number of halogens is 1. The Morgan fingerprint density at radius 3 is 2.54 bits per heavy atom. The number of nitrogens with zero attached hydrogens (tertiary/aromatic N) is 2. The highest BCUT2D eigenvalue weighted by atomic mass is 19.1. The van der Waals surface area contributed by atoms with Crippen LogP contribution in [0.1, 0.15) is 16.9 Å². The van der Waals surface area contributed by atoms with E-state index in [0.29, 0.717) is 6.54 Å². The summed E-state index contributed by atoms with van der Waals surface area (Å²) >= 11 is 0. The quantitative estimate of drug-likeness (QED) is 0.526. The fourth-order valence-electron chi connectivity index (χ4n) is 2.96. The molecule has 0 N–H and O–H groups in total.